The molecule has 0 spiro atoms. The van der Waals surface area contributed by atoms with Crippen LogP contribution < -0.4 is 5.32 Å². The van der Waals surface area contributed by atoms with Gasteiger partial charge in [0.05, 0.1) is 0 Å². The lowest BCUT2D eigenvalue weighted by Crippen LogP contribution is -2.32. The largest absolute Gasteiger partial charge is 0.316 e. The van der Waals surface area contributed by atoms with Gasteiger partial charge in [0.15, 0.2) is 0 Å². The maximum absolute atomic E-state index is 13.3. The lowest BCUT2D eigenvalue weighted by atomic mass is 9.73. The summed E-state index contributed by atoms with van der Waals surface area (Å²) >= 11 is 0. The molecule has 0 aliphatic heterocycles. The fraction of sp³-hybridized carbons (Fsp3) is 0.625. The van der Waals surface area contributed by atoms with Crippen LogP contribution in [0.15, 0.2) is 24.3 Å². The van der Waals surface area contributed by atoms with Crippen molar-refractivity contribution in [1.29, 1.82) is 0 Å². The third kappa shape index (κ3) is 3.55. The van der Waals surface area contributed by atoms with Crippen LogP contribution in [0.2, 0.25) is 0 Å². The predicted octanol–water partition coefficient (Wildman–Crippen LogP) is 3.96. The molecular weight excluding hydrogens is 225 g/mol. The van der Waals surface area contributed by atoms with Gasteiger partial charge in [0.25, 0.3) is 0 Å². The molecule has 1 unspecified atom stereocenters. The van der Waals surface area contributed by atoms with Crippen LogP contribution in [-0.4, -0.2) is 13.1 Å². The number of benzene rings is 1. The molecule has 100 valence electrons. The van der Waals surface area contributed by atoms with Crippen molar-refractivity contribution in [1.82, 2.24) is 5.32 Å². The van der Waals surface area contributed by atoms with Gasteiger partial charge in [-0.3, -0.25) is 0 Å². The summed E-state index contributed by atoms with van der Waals surface area (Å²) in [5, 5.41) is 3.53. The Morgan fingerprint density at radius 2 is 2.06 bits per heavy atom. The second kappa shape index (κ2) is 6.33. The molecule has 1 fully saturated rings. The molecule has 0 heterocycles. The van der Waals surface area contributed by atoms with E-state index >= 15 is 0 Å². The van der Waals surface area contributed by atoms with E-state index in [0.29, 0.717) is 11.8 Å². The van der Waals surface area contributed by atoms with E-state index in [1.807, 2.05) is 6.07 Å². The molecule has 1 aliphatic rings. The molecule has 18 heavy (non-hydrogen) atoms. The van der Waals surface area contributed by atoms with Crippen LogP contribution in [0.1, 0.15) is 44.6 Å². The molecule has 1 nitrogen and oxygen atoms in total. The lowest BCUT2D eigenvalue weighted by molar-refractivity contribution is 0.253. The topological polar surface area (TPSA) is 12.0 Å². The molecule has 0 saturated heterocycles. The summed E-state index contributed by atoms with van der Waals surface area (Å²) in [5.41, 5.74) is 1.16. The standard InChI is InChI=1S/C16H24FN/c1-12(2)10-18-11-16(13-5-3-6-13)14-7-4-8-15(17)9-14/h4,7-9,12-13,16,18H,3,5-6,10-11H2,1-2H3. The zero-order valence-corrected chi connectivity index (χ0v) is 11.5. The smallest absolute Gasteiger partial charge is 0.123 e. The Labute approximate surface area is 110 Å². The minimum Gasteiger partial charge on any atom is -0.316 e. The highest BCUT2D eigenvalue weighted by Gasteiger charge is 2.28. The number of rotatable bonds is 6. The first kappa shape index (κ1) is 13.5. The van der Waals surface area contributed by atoms with E-state index < -0.39 is 0 Å². The molecule has 2 heteroatoms. The Morgan fingerprint density at radius 3 is 2.61 bits per heavy atom. The summed E-state index contributed by atoms with van der Waals surface area (Å²) in [4.78, 5) is 0. The molecule has 0 radical (unpaired) electrons. The van der Waals surface area contributed by atoms with E-state index in [1.54, 1.807) is 6.07 Å². The average Bonchev–Trinajstić information content (AvgIpc) is 2.24. The maximum Gasteiger partial charge on any atom is 0.123 e. The Kier molecular flexibility index (Phi) is 4.76. The number of hydrogen-bond acceptors (Lipinski definition) is 1. The molecule has 0 bridgehead atoms. The van der Waals surface area contributed by atoms with E-state index in [0.717, 1.165) is 24.6 Å². The average molecular weight is 249 g/mol. The van der Waals surface area contributed by atoms with Gasteiger partial charge in [-0.05, 0) is 54.8 Å². The van der Waals surface area contributed by atoms with Crippen LogP contribution in [0, 0.1) is 17.7 Å². The first-order valence-electron chi connectivity index (χ1n) is 7.13. The van der Waals surface area contributed by atoms with E-state index in [4.69, 9.17) is 0 Å². The lowest BCUT2D eigenvalue weighted by Gasteiger charge is -2.34. The van der Waals surface area contributed by atoms with Gasteiger partial charge in [-0.1, -0.05) is 32.4 Å². The number of halogens is 1. The van der Waals surface area contributed by atoms with Crippen molar-refractivity contribution in [2.24, 2.45) is 11.8 Å². The zero-order valence-electron chi connectivity index (χ0n) is 11.5. The van der Waals surface area contributed by atoms with Crippen LogP contribution >= 0.6 is 0 Å². The van der Waals surface area contributed by atoms with E-state index in [2.05, 4.69) is 25.2 Å². The Hall–Kier alpha value is -0.890. The predicted molar refractivity (Wildman–Crippen MR) is 74.2 cm³/mol. The first-order chi connectivity index (χ1) is 8.66. The van der Waals surface area contributed by atoms with Gasteiger partial charge in [-0.25, -0.2) is 4.39 Å². The quantitative estimate of drug-likeness (QED) is 0.805. The van der Waals surface area contributed by atoms with Gasteiger partial charge in [-0.2, -0.15) is 0 Å². The van der Waals surface area contributed by atoms with Crippen molar-refractivity contribution < 1.29 is 4.39 Å². The summed E-state index contributed by atoms with van der Waals surface area (Å²) < 4.78 is 13.3. The van der Waals surface area contributed by atoms with Crippen LogP contribution in [0.3, 0.4) is 0 Å². The molecule has 2 rings (SSSR count). The maximum atomic E-state index is 13.3. The monoisotopic (exact) mass is 249 g/mol. The summed E-state index contributed by atoms with van der Waals surface area (Å²) in [6, 6.07) is 7.14. The van der Waals surface area contributed by atoms with Crippen molar-refractivity contribution in [2.75, 3.05) is 13.1 Å². The second-order valence-electron chi connectivity index (χ2n) is 5.90. The van der Waals surface area contributed by atoms with Gasteiger partial charge in [0.2, 0.25) is 0 Å². The molecule has 1 aliphatic carbocycles. The van der Waals surface area contributed by atoms with Crippen LogP contribution in [-0.2, 0) is 0 Å². The fourth-order valence-corrected chi connectivity index (χ4v) is 2.66. The molecule has 0 aromatic heterocycles. The minimum absolute atomic E-state index is 0.110. The van der Waals surface area contributed by atoms with E-state index in [1.165, 1.54) is 25.3 Å². The second-order valence-corrected chi connectivity index (χ2v) is 5.90. The van der Waals surface area contributed by atoms with Crippen LogP contribution in [0.5, 0.6) is 0 Å². The Bertz CT molecular complexity index is 371. The summed E-state index contributed by atoms with van der Waals surface area (Å²) in [6.45, 7) is 6.45. The molecule has 1 aromatic rings. The molecular formula is C16H24FN. The van der Waals surface area contributed by atoms with Gasteiger partial charge in [-0.15, -0.1) is 0 Å². The third-order valence-corrected chi connectivity index (χ3v) is 3.91. The molecule has 1 atom stereocenters. The van der Waals surface area contributed by atoms with E-state index in [-0.39, 0.29) is 5.82 Å². The van der Waals surface area contributed by atoms with Crippen LogP contribution in [0.4, 0.5) is 4.39 Å². The SMILES string of the molecule is CC(C)CNCC(c1cccc(F)c1)C1CCC1. The van der Waals surface area contributed by atoms with Crippen molar-refractivity contribution in [2.45, 2.75) is 39.0 Å². The highest BCUT2D eigenvalue weighted by atomic mass is 19.1. The van der Waals surface area contributed by atoms with Gasteiger partial charge in [0.1, 0.15) is 5.82 Å². The molecule has 1 aromatic carbocycles. The van der Waals surface area contributed by atoms with Gasteiger partial charge < -0.3 is 5.32 Å². The minimum atomic E-state index is -0.110. The van der Waals surface area contributed by atoms with E-state index in [9.17, 15) is 4.39 Å². The van der Waals surface area contributed by atoms with Gasteiger partial charge in [0, 0.05) is 6.54 Å². The van der Waals surface area contributed by atoms with Gasteiger partial charge >= 0.3 is 0 Å². The van der Waals surface area contributed by atoms with Crippen LogP contribution in [0.25, 0.3) is 0 Å². The zero-order chi connectivity index (χ0) is 13.0. The highest BCUT2D eigenvalue weighted by Crippen LogP contribution is 2.39. The van der Waals surface area contributed by atoms with Crippen molar-refractivity contribution >= 4 is 0 Å². The third-order valence-electron chi connectivity index (χ3n) is 3.91. The normalized spacial score (nSPS) is 17.8. The Balaban J connectivity index is 2.00. The molecule has 1 saturated carbocycles. The summed E-state index contributed by atoms with van der Waals surface area (Å²) in [5.74, 6) is 1.78. The number of hydrogen-bond donors (Lipinski definition) is 1. The molecule has 0 amide bonds. The number of nitrogens with one attached hydrogen (secondary N) is 1. The Morgan fingerprint density at radius 1 is 1.28 bits per heavy atom. The summed E-state index contributed by atoms with van der Waals surface area (Å²) in [7, 11) is 0. The highest BCUT2D eigenvalue weighted by molar-refractivity contribution is 5.22. The van der Waals surface area contributed by atoms with Crippen molar-refractivity contribution in [3.05, 3.63) is 35.6 Å². The first-order valence-corrected chi connectivity index (χ1v) is 7.13. The van der Waals surface area contributed by atoms with Crippen molar-refractivity contribution in [3.8, 4) is 0 Å². The van der Waals surface area contributed by atoms with Crippen molar-refractivity contribution in [3.63, 3.8) is 0 Å². The fourth-order valence-electron chi connectivity index (χ4n) is 2.66. The summed E-state index contributed by atoms with van der Waals surface area (Å²) in [6.07, 6.45) is 3.93. The molecule has 1 N–H and O–H groups in total.